The van der Waals surface area contributed by atoms with E-state index in [1.807, 2.05) is 16.8 Å². The van der Waals surface area contributed by atoms with E-state index < -0.39 is 0 Å². The number of rotatable bonds is 7. The quantitative estimate of drug-likeness (QED) is 0.341. The topological polar surface area (TPSA) is 112 Å². The van der Waals surface area contributed by atoms with Crippen molar-refractivity contribution in [2.75, 3.05) is 42.9 Å². The third-order valence-electron chi connectivity index (χ3n) is 8.77. The normalized spacial score (nSPS) is 22.2. The van der Waals surface area contributed by atoms with Crippen LogP contribution in [-0.4, -0.2) is 73.3 Å². The number of hydrogen-bond acceptors (Lipinski definition) is 9. The summed E-state index contributed by atoms with van der Waals surface area (Å²) in [6.07, 6.45) is 10.4. The Bertz CT molecular complexity index is 1560. The van der Waals surface area contributed by atoms with E-state index in [1.54, 1.807) is 12.5 Å². The molecule has 10 heteroatoms. The lowest BCUT2D eigenvalue weighted by atomic mass is 9.92. The Morgan fingerprint density at radius 1 is 0.925 bits per heavy atom. The minimum atomic E-state index is -0.287. The van der Waals surface area contributed by atoms with E-state index in [9.17, 15) is 9.90 Å². The zero-order valence-corrected chi connectivity index (χ0v) is 22.7. The van der Waals surface area contributed by atoms with Crippen molar-refractivity contribution in [1.29, 1.82) is 0 Å². The summed E-state index contributed by atoms with van der Waals surface area (Å²) in [5.41, 5.74) is 1.83. The smallest absolute Gasteiger partial charge is 0.260 e. The Morgan fingerprint density at radius 2 is 1.75 bits per heavy atom. The van der Waals surface area contributed by atoms with E-state index in [0.717, 1.165) is 79.7 Å². The molecule has 3 fully saturated rings. The maximum atomic E-state index is 14.1. The average Bonchev–Trinajstić information content (AvgIpc) is 3.83. The zero-order chi connectivity index (χ0) is 27.1. The predicted octanol–water partition coefficient (Wildman–Crippen LogP) is 3.35. The fourth-order valence-corrected chi connectivity index (χ4v) is 6.24. The highest BCUT2D eigenvalue weighted by Crippen LogP contribution is 2.33. The van der Waals surface area contributed by atoms with Crippen LogP contribution in [-0.2, 0) is 6.54 Å². The molecule has 0 spiro atoms. The highest BCUT2D eigenvalue weighted by molar-refractivity contribution is 6.04. The highest BCUT2D eigenvalue weighted by Gasteiger charge is 2.26. The Kier molecular flexibility index (Phi) is 6.81. The Hall–Kier alpha value is -3.63. The number of pyridine rings is 1. The van der Waals surface area contributed by atoms with Crippen molar-refractivity contribution in [3.05, 3.63) is 58.9 Å². The third-order valence-corrected chi connectivity index (χ3v) is 8.77. The van der Waals surface area contributed by atoms with Gasteiger partial charge in [-0.05, 0) is 67.5 Å². The minimum absolute atomic E-state index is 0.00571. The van der Waals surface area contributed by atoms with Gasteiger partial charge in [0.1, 0.15) is 17.8 Å². The monoisotopic (exact) mass is 540 g/mol. The number of nitrogens with zero attached hydrogens (tertiary/aromatic N) is 7. The van der Waals surface area contributed by atoms with E-state index in [0.29, 0.717) is 30.4 Å². The van der Waals surface area contributed by atoms with Crippen molar-refractivity contribution in [2.24, 2.45) is 5.92 Å². The van der Waals surface area contributed by atoms with Gasteiger partial charge in [0, 0.05) is 68.5 Å². The molecule has 4 heterocycles. The molecule has 0 unspecified atom stereocenters. The van der Waals surface area contributed by atoms with Crippen LogP contribution in [0.5, 0.6) is 0 Å². The molecule has 0 amide bonds. The number of fused-ring (bicyclic) bond motifs is 3. The van der Waals surface area contributed by atoms with Gasteiger partial charge in [0.05, 0.1) is 6.10 Å². The van der Waals surface area contributed by atoms with E-state index >= 15 is 0 Å². The first kappa shape index (κ1) is 25.3. The molecular weight excluding hydrogens is 504 g/mol. The van der Waals surface area contributed by atoms with Gasteiger partial charge in [-0.3, -0.25) is 14.3 Å². The molecular formula is C30H36N8O2. The van der Waals surface area contributed by atoms with Crippen LogP contribution >= 0.6 is 0 Å². The van der Waals surface area contributed by atoms with Crippen molar-refractivity contribution in [3.63, 3.8) is 0 Å². The van der Waals surface area contributed by atoms with E-state index in [-0.39, 0.29) is 17.7 Å². The average molecular weight is 541 g/mol. The molecule has 1 aromatic carbocycles. The number of aromatic nitrogens is 5. The van der Waals surface area contributed by atoms with Gasteiger partial charge in [-0.25, -0.2) is 15.0 Å². The molecule has 7 rings (SSSR count). The zero-order valence-electron chi connectivity index (χ0n) is 22.7. The number of hydrogen-bond donors (Lipinski definition) is 2. The summed E-state index contributed by atoms with van der Waals surface area (Å²) in [6.45, 7) is 5.34. The fourth-order valence-electron chi connectivity index (χ4n) is 6.24. The largest absolute Gasteiger partial charge is 0.393 e. The SMILES string of the molecule is O=c1c2cc(CN3CCN(c4ccncn4)CC3)ccc2c2cnc(NCC3CC3)nc2n1C1CCC(O)CC1. The first-order chi connectivity index (χ1) is 19.6. The number of aliphatic hydroxyl groups excluding tert-OH is 1. The van der Waals surface area contributed by atoms with Crippen molar-refractivity contribution in [1.82, 2.24) is 29.4 Å². The molecule has 2 N–H and O–H groups in total. The molecule has 0 bridgehead atoms. The Morgan fingerprint density at radius 3 is 2.50 bits per heavy atom. The molecule has 10 nitrogen and oxygen atoms in total. The van der Waals surface area contributed by atoms with Crippen LogP contribution in [0.4, 0.5) is 11.8 Å². The first-order valence-corrected chi connectivity index (χ1v) is 14.6. The van der Waals surface area contributed by atoms with Crippen molar-refractivity contribution in [3.8, 4) is 0 Å². The summed E-state index contributed by atoms with van der Waals surface area (Å²) < 4.78 is 1.90. The second-order valence-corrected chi connectivity index (χ2v) is 11.6. The van der Waals surface area contributed by atoms with E-state index in [4.69, 9.17) is 4.98 Å². The molecule has 0 atom stereocenters. The summed E-state index contributed by atoms with van der Waals surface area (Å²) in [7, 11) is 0. The van der Waals surface area contributed by atoms with E-state index in [1.165, 1.54) is 12.8 Å². The lowest BCUT2D eigenvalue weighted by Gasteiger charge is -2.35. The van der Waals surface area contributed by atoms with Crippen LogP contribution in [0.25, 0.3) is 21.8 Å². The van der Waals surface area contributed by atoms with Gasteiger partial charge in [-0.2, -0.15) is 4.98 Å². The molecule has 1 aliphatic heterocycles. The summed E-state index contributed by atoms with van der Waals surface area (Å²) in [5.74, 6) is 2.25. The minimum Gasteiger partial charge on any atom is -0.393 e. The molecule has 208 valence electrons. The molecule has 40 heavy (non-hydrogen) atoms. The van der Waals surface area contributed by atoms with Crippen LogP contribution in [0.15, 0.2) is 47.8 Å². The predicted molar refractivity (Wildman–Crippen MR) is 156 cm³/mol. The summed E-state index contributed by atoms with van der Waals surface area (Å²) >= 11 is 0. The number of aliphatic hydroxyl groups is 1. The fraction of sp³-hybridized carbons (Fsp3) is 0.500. The van der Waals surface area contributed by atoms with Gasteiger partial charge in [-0.1, -0.05) is 12.1 Å². The van der Waals surface area contributed by atoms with Crippen molar-refractivity contribution >= 4 is 33.6 Å². The molecule has 3 aromatic heterocycles. The van der Waals surface area contributed by atoms with Gasteiger partial charge in [0.2, 0.25) is 5.95 Å². The van der Waals surface area contributed by atoms with E-state index in [2.05, 4.69) is 48.3 Å². The van der Waals surface area contributed by atoms with Gasteiger partial charge in [-0.15, -0.1) is 0 Å². The van der Waals surface area contributed by atoms with Crippen molar-refractivity contribution in [2.45, 2.75) is 57.2 Å². The Labute approximate surface area is 233 Å². The molecule has 3 aliphatic rings. The molecule has 1 saturated heterocycles. The lowest BCUT2D eigenvalue weighted by molar-refractivity contribution is 0.111. The van der Waals surface area contributed by atoms with Crippen LogP contribution in [0.1, 0.15) is 50.1 Å². The molecule has 0 radical (unpaired) electrons. The van der Waals surface area contributed by atoms with Crippen LogP contribution in [0.2, 0.25) is 0 Å². The Balaban J connectivity index is 1.19. The molecule has 2 aliphatic carbocycles. The van der Waals surface area contributed by atoms with Gasteiger partial charge in [0.15, 0.2) is 0 Å². The number of piperazine rings is 1. The molecule has 4 aromatic rings. The number of anilines is 2. The maximum absolute atomic E-state index is 14.1. The summed E-state index contributed by atoms with van der Waals surface area (Å²) in [4.78, 5) is 36.8. The number of nitrogens with one attached hydrogen (secondary N) is 1. The summed E-state index contributed by atoms with van der Waals surface area (Å²) in [5, 5.41) is 16.0. The van der Waals surface area contributed by atoms with Crippen molar-refractivity contribution < 1.29 is 5.11 Å². The van der Waals surface area contributed by atoms with Gasteiger partial charge in [0.25, 0.3) is 5.56 Å². The second-order valence-electron chi connectivity index (χ2n) is 11.6. The second kappa shape index (κ2) is 10.7. The van der Waals surface area contributed by atoms with Crippen LogP contribution < -0.4 is 15.8 Å². The number of benzene rings is 1. The highest BCUT2D eigenvalue weighted by atomic mass is 16.3. The lowest BCUT2D eigenvalue weighted by Crippen LogP contribution is -2.46. The standard InChI is InChI=1S/C30H36N8O2/c39-23-6-4-22(5-7-23)38-28-26(17-33-30(35-28)32-16-20-1-2-20)24-8-3-21(15-25(24)29(38)40)18-36-11-13-37(14-12-36)27-9-10-31-19-34-27/h3,8-10,15,17,19-20,22-23,39H,1-2,4-7,11-14,16,18H2,(H,32,33,35). The van der Waals surface area contributed by atoms with Crippen LogP contribution in [0, 0.1) is 5.92 Å². The molecule has 2 saturated carbocycles. The summed E-state index contributed by atoms with van der Waals surface area (Å²) in [6, 6.07) is 8.26. The first-order valence-electron chi connectivity index (χ1n) is 14.6. The maximum Gasteiger partial charge on any atom is 0.260 e. The van der Waals surface area contributed by atoms with Gasteiger partial charge >= 0.3 is 0 Å². The van der Waals surface area contributed by atoms with Crippen LogP contribution in [0.3, 0.4) is 0 Å². The van der Waals surface area contributed by atoms with Gasteiger partial charge < -0.3 is 15.3 Å². The third kappa shape index (κ3) is 5.13.